The molecule has 1 aromatic carbocycles. The average Bonchev–Trinajstić information content (AvgIpc) is 2.61. The molecule has 1 atom stereocenters. The second-order valence-electron chi connectivity index (χ2n) is 6.07. The van der Waals surface area contributed by atoms with Crippen molar-refractivity contribution in [2.45, 2.75) is 26.5 Å². The van der Waals surface area contributed by atoms with Crippen LogP contribution < -0.4 is 10.3 Å². The molecule has 2 aromatic rings. The molecule has 0 spiro atoms. The smallest absolute Gasteiger partial charge is 0.270 e. The number of pyridine rings is 1. The van der Waals surface area contributed by atoms with Crippen molar-refractivity contribution in [3.8, 4) is 5.75 Å². The number of likely N-dealkylation sites (N-methyl/N-ethyl adjacent to an activating group) is 1. The van der Waals surface area contributed by atoms with Gasteiger partial charge >= 0.3 is 0 Å². The van der Waals surface area contributed by atoms with E-state index < -0.39 is 17.8 Å². The monoisotopic (exact) mass is 360 g/mol. The maximum Gasteiger partial charge on any atom is 0.270 e. The van der Waals surface area contributed by atoms with Crippen LogP contribution in [-0.2, 0) is 20.9 Å². The number of ketones is 1. The Kier molecular flexibility index (Phi) is 6.52. The molecular formula is C19H24N2O5. The van der Waals surface area contributed by atoms with Gasteiger partial charge in [-0.05, 0) is 32.0 Å². The second kappa shape index (κ2) is 8.62. The standard InChI is InChI=1S/C19H24N2O5/c1-5-25-12-11-21-10-9-14-15(18(21)23)7-6-8-16(14)26-17(13(2)22)19(24)20(3)4/h6-10,17H,5,11-12H2,1-4H3. The van der Waals surface area contributed by atoms with E-state index in [0.29, 0.717) is 36.3 Å². The zero-order valence-electron chi connectivity index (χ0n) is 15.5. The predicted molar refractivity (Wildman–Crippen MR) is 98.5 cm³/mol. The summed E-state index contributed by atoms with van der Waals surface area (Å²) in [4.78, 5) is 38.0. The van der Waals surface area contributed by atoms with Gasteiger partial charge in [-0.25, -0.2) is 0 Å². The van der Waals surface area contributed by atoms with Gasteiger partial charge in [0.15, 0.2) is 5.78 Å². The van der Waals surface area contributed by atoms with Crippen LogP contribution in [0.15, 0.2) is 35.3 Å². The lowest BCUT2D eigenvalue weighted by molar-refractivity contribution is -0.142. The number of ether oxygens (including phenoxy) is 2. The number of rotatable bonds is 8. The van der Waals surface area contributed by atoms with Crippen molar-refractivity contribution in [1.82, 2.24) is 9.47 Å². The number of carbonyl (C=O) groups excluding carboxylic acids is 2. The van der Waals surface area contributed by atoms with E-state index in [4.69, 9.17) is 9.47 Å². The van der Waals surface area contributed by atoms with E-state index in [9.17, 15) is 14.4 Å². The second-order valence-corrected chi connectivity index (χ2v) is 6.07. The predicted octanol–water partition coefficient (Wildman–Crippen LogP) is 1.46. The Morgan fingerprint density at radius 2 is 1.92 bits per heavy atom. The summed E-state index contributed by atoms with van der Waals surface area (Å²) in [6, 6.07) is 6.75. The molecular weight excluding hydrogens is 336 g/mol. The maximum absolute atomic E-state index is 12.6. The highest BCUT2D eigenvalue weighted by Gasteiger charge is 2.27. The summed E-state index contributed by atoms with van der Waals surface area (Å²) in [5.41, 5.74) is -0.175. The van der Waals surface area contributed by atoms with Gasteiger partial charge in [0.2, 0.25) is 6.10 Å². The number of aromatic nitrogens is 1. The molecule has 26 heavy (non-hydrogen) atoms. The van der Waals surface area contributed by atoms with Crippen LogP contribution in [0.1, 0.15) is 13.8 Å². The number of hydrogen-bond donors (Lipinski definition) is 0. The zero-order valence-corrected chi connectivity index (χ0v) is 15.5. The largest absolute Gasteiger partial charge is 0.472 e. The number of fused-ring (bicyclic) bond motifs is 1. The van der Waals surface area contributed by atoms with E-state index in [2.05, 4.69) is 0 Å². The molecule has 0 fully saturated rings. The van der Waals surface area contributed by atoms with Gasteiger partial charge in [-0.3, -0.25) is 14.4 Å². The molecule has 0 aliphatic heterocycles. The van der Waals surface area contributed by atoms with Crippen LogP contribution in [-0.4, -0.2) is 54.6 Å². The van der Waals surface area contributed by atoms with Crippen LogP contribution in [0.3, 0.4) is 0 Å². The number of benzene rings is 1. The van der Waals surface area contributed by atoms with Gasteiger partial charge in [0, 0.05) is 38.8 Å². The van der Waals surface area contributed by atoms with Gasteiger partial charge in [0.25, 0.3) is 11.5 Å². The molecule has 7 heteroatoms. The normalized spacial score (nSPS) is 12.0. The third-order valence-electron chi connectivity index (χ3n) is 3.94. The van der Waals surface area contributed by atoms with Gasteiger partial charge in [0.1, 0.15) is 5.75 Å². The van der Waals surface area contributed by atoms with E-state index in [1.807, 2.05) is 6.92 Å². The maximum atomic E-state index is 12.6. The van der Waals surface area contributed by atoms with Crippen molar-refractivity contribution in [3.05, 3.63) is 40.8 Å². The summed E-state index contributed by atoms with van der Waals surface area (Å²) >= 11 is 0. The summed E-state index contributed by atoms with van der Waals surface area (Å²) < 4.78 is 12.5. The molecule has 0 N–H and O–H groups in total. The number of amides is 1. The summed E-state index contributed by atoms with van der Waals surface area (Å²) in [6.07, 6.45) is 0.420. The Balaban J connectivity index is 2.40. The SMILES string of the molecule is CCOCCn1ccc2c(OC(C(C)=O)C(=O)N(C)C)cccc2c1=O. The van der Waals surface area contributed by atoms with E-state index in [0.717, 1.165) is 0 Å². The molecule has 7 nitrogen and oxygen atoms in total. The molecule has 0 aliphatic rings. The lowest BCUT2D eigenvalue weighted by atomic mass is 10.1. The first-order valence-electron chi connectivity index (χ1n) is 8.45. The lowest BCUT2D eigenvalue weighted by Gasteiger charge is -2.20. The van der Waals surface area contributed by atoms with Crippen molar-refractivity contribution in [3.63, 3.8) is 0 Å². The topological polar surface area (TPSA) is 77.8 Å². The summed E-state index contributed by atoms with van der Waals surface area (Å²) in [6.45, 7) is 4.68. The highest BCUT2D eigenvalue weighted by atomic mass is 16.5. The first-order valence-corrected chi connectivity index (χ1v) is 8.45. The van der Waals surface area contributed by atoms with Crippen molar-refractivity contribution < 1.29 is 19.1 Å². The minimum absolute atomic E-state index is 0.175. The Hall–Kier alpha value is -2.67. The Bertz CT molecular complexity index is 857. The molecule has 0 bridgehead atoms. The van der Waals surface area contributed by atoms with Crippen molar-refractivity contribution in [2.24, 2.45) is 0 Å². The first-order chi connectivity index (χ1) is 12.4. The minimum Gasteiger partial charge on any atom is -0.472 e. The molecule has 1 amide bonds. The van der Waals surface area contributed by atoms with E-state index in [1.165, 1.54) is 11.8 Å². The van der Waals surface area contributed by atoms with Gasteiger partial charge in [-0.15, -0.1) is 0 Å². The third kappa shape index (κ3) is 4.29. The summed E-state index contributed by atoms with van der Waals surface area (Å²) in [5, 5.41) is 1.02. The van der Waals surface area contributed by atoms with E-state index in [-0.39, 0.29) is 5.56 Å². The lowest BCUT2D eigenvalue weighted by Crippen LogP contribution is -2.42. The summed E-state index contributed by atoms with van der Waals surface area (Å²) in [7, 11) is 3.11. The highest BCUT2D eigenvalue weighted by molar-refractivity contribution is 6.03. The van der Waals surface area contributed by atoms with Crippen LogP contribution in [0.25, 0.3) is 10.8 Å². The average molecular weight is 360 g/mol. The van der Waals surface area contributed by atoms with Crippen LogP contribution in [0.2, 0.25) is 0 Å². The number of Topliss-reactive ketones (excluding diaryl/α,β-unsaturated/α-hetero) is 1. The van der Waals surface area contributed by atoms with E-state index >= 15 is 0 Å². The van der Waals surface area contributed by atoms with Crippen molar-refractivity contribution in [2.75, 3.05) is 27.3 Å². The molecule has 0 saturated carbocycles. The Labute approximate surface area is 152 Å². The molecule has 2 rings (SSSR count). The fourth-order valence-corrected chi connectivity index (χ4v) is 2.54. The quantitative estimate of drug-likeness (QED) is 0.526. The van der Waals surface area contributed by atoms with Gasteiger partial charge < -0.3 is 18.9 Å². The van der Waals surface area contributed by atoms with Crippen LogP contribution in [0.5, 0.6) is 5.75 Å². The van der Waals surface area contributed by atoms with Crippen LogP contribution in [0.4, 0.5) is 0 Å². The molecule has 0 saturated heterocycles. The number of hydrogen-bond acceptors (Lipinski definition) is 5. The Morgan fingerprint density at radius 3 is 2.54 bits per heavy atom. The van der Waals surface area contributed by atoms with Gasteiger partial charge in [0.05, 0.1) is 12.0 Å². The fourth-order valence-electron chi connectivity index (χ4n) is 2.54. The van der Waals surface area contributed by atoms with Crippen molar-refractivity contribution in [1.29, 1.82) is 0 Å². The van der Waals surface area contributed by atoms with Crippen LogP contribution >= 0.6 is 0 Å². The molecule has 0 aliphatic carbocycles. The van der Waals surface area contributed by atoms with Gasteiger partial charge in [-0.1, -0.05) is 6.07 Å². The molecule has 0 radical (unpaired) electrons. The van der Waals surface area contributed by atoms with Crippen molar-refractivity contribution >= 4 is 22.5 Å². The van der Waals surface area contributed by atoms with E-state index in [1.54, 1.807) is 49.1 Å². The minimum atomic E-state index is -1.24. The third-order valence-corrected chi connectivity index (χ3v) is 3.94. The zero-order chi connectivity index (χ0) is 19.3. The number of carbonyl (C=O) groups is 2. The summed E-state index contributed by atoms with van der Waals surface area (Å²) in [5.74, 6) is -0.516. The molecule has 1 unspecified atom stereocenters. The highest BCUT2D eigenvalue weighted by Crippen LogP contribution is 2.24. The molecule has 140 valence electrons. The fraction of sp³-hybridized carbons (Fsp3) is 0.421. The number of nitrogens with zero attached hydrogens (tertiary/aromatic N) is 2. The molecule has 1 heterocycles. The van der Waals surface area contributed by atoms with Crippen LogP contribution in [0, 0.1) is 0 Å². The van der Waals surface area contributed by atoms with Gasteiger partial charge in [-0.2, -0.15) is 0 Å². The Morgan fingerprint density at radius 1 is 1.19 bits per heavy atom. The first kappa shape index (κ1) is 19.7. The molecule has 1 aromatic heterocycles.